The van der Waals surface area contributed by atoms with Gasteiger partial charge in [0.05, 0.1) is 32.5 Å². The first-order chi connectivity index (χ1) is 17.4. The molecule has 1 aliphatic rings. The van der Waals surface area contributed by atoms with Crippen LogP contribution in [0.15, 0.2) is 66.6 Å². The molecule has 0 aliphatic carbocycles. The van der Waals surface area contributed by atoms with Gasteiger partial charge in [0.2, 0.25) is 5.78 Å². The maximum atomic E-state index is 13.0. The highest BCUT2D eigenvalue weighted by atomic mass is 16.5. The molecule has 0 bridgehead atoms. The molecule has 0 fully saturated rings. The molecular weight excluding hydrogens is 462 g/mol. The lowest BCUT2D eigenvalue weighted by Crippen LogP contribution is -2.09. The number of esters is 1. The van der Waals surface area contributed by atoms with E-state index in [1.165, 1.54) is 20.3 Å². The van der Waals surface area contributed by atoms with Crippen LogP contribution in [0.25, 0.3) is 17.0 Å². The number of ether oxygens (including phenoxy) is 5. The zero-order chi connectivity index (χ0) is 25.4. The molecule has 182 valence electrons. The van der Waals surface area contributed by atoms with Crippen molar-refractivity contribution in [1.82, 2.24) is 4.57 Å². The van der Waals surface area contributed by atoms with Gasteiger partial charge in [0, 0.05) is 41.8 Å². The van der Waals surface area contributed by atoms with Gasteiger partial charge in [-0.25, -0.2) is 4.79 Å². The van der Waals surface area contributed by atoms with E-state index in [1.807, 2.05) is 36.0 Å². The van der Waals surface area contributed by atoms with E-state index in [4.69, 9.17) is 23.7 Å². The molecule has 0 atom stereocenters. The Kier molecular flexibility index (Phi) is 5.85. The molecule has 0 spiro atoms. The first-order valence-electron chi connectivity index (χ1n) is 11.1. The highest BCUT2D eigenvalue weighted by Crippen LogP contribution is 2.36. The van der Waals surface area contributed by atoms with Gasteiger partial charge in [0.25, 0.3) is 0 Å². The minimum Gasteiger partial charge on any atom is -0.497 e. The summed E-state index contributed by atoms with van der Waals surface area (Å²) in [5, 5.41) is 0.931. The summed E-state index contributed by atoms with van der Waals surface area (Å²) >= 11 is 0. The molecule has 0 unspecified atom stereocenters. The summed E-state index contributed by atoms with van der Waals surface area (Å²) in [4.78, 5) is 25.7. The fraction of sp³-hybridized carbons (Fsp3) is 0.143. The molecule has 0 N–H and O–H groups in total. The van der Waals surface area contributed by atoms with Gasteiger partial charge in [0.15, 0.2) is 5.76 Å². The van der Waals surface area contributed by atoms with Crippen LogP contribution in [-0.2, 0) is 7.05 Å². The minimum atomic E-state index is -0.600. The van der Waals surface area contributed by atoms with E-state index in [2.05, 4.69) is 0 Å². The second kappa shape index (κ2) is 9.14. The highest BCUT2D eigenvalue weighted by Gasteiger charge is 2.28. The number of ketones is 1. The zero-order valence-electron chi connectivity index (χ0n) is 20.2. The molecule has 0 amide bonds. The van der Waals surface area contributed by atoms with Crippen molar-refractivity contribution >= 4 is 28.7 Å². The van der Waals surface area contributed by atoms with Crippen LogP contribution >= 0.6 is 0 Å². The lowest BCUT2D eigenvalue weighted by molar-refractivity contribution is 0.0733. The molecule has 8 heteroatoms. The smallest absolute Gasteiger partial charge is 0.343 e. The van der Waals surface area contributed by atoms with E-state index in [0.717, 1.165) is 22.2 Å². The monoisotopic (exact) mass is 485 g/mol. The number of aromatic nitrogens is 1. The van der Waals surface area contributed by atoms with Crippen LogP contribution in [-0.4, -0.2) is 37.6 Å². The number of nitrogens with zero attached hydrogens (tertiary/aromatic N) is 1. The van der Waals surface area contributed by atoms with E-state index < -0.39 is 5.97 Å². The number of carbonyl (C=O) groups excluding carboxylic acids is 2. The summed E-state index contributed by atoms with van der Waals surface area (Å²) in [6, 6.07) is 15.2. The molecule has 1 aromatic heterocycles. The largest absolute Gasteiger partial charge is 0.497 e. The normalized spacial score (nSPS) is 13.4. The average molecular weight is 485 g/mol. The van der Waals surface area contributed by atoms with E-state index >= 15 is 0 Å². The SMILES string of the molecule is COc1cc(OC)cc(C(=O)Oc2ccc3c(c2)OC(=Cc2cn(C)c4ccc(OC)cc24)C3=O)c1. The Morgan fingerprint density at radius 3 is 2.25 bits per heavy atom. The third-order valence-corrected chi connectivity index (χ3v) is 5.95. The van der Waals surface area contributed by atoms with Crippen molar-refractivity contribution < 1.29 is 33.3 Å². The predicted molar refractivity (Wildman–Crippen MR) is 133 cm³/mol. The Labute approximate surface area is 207 Å². The third-order valence-electron chi connectivity index (χ3n) is 5.95. The van der Waals surface area contributed by atoms with Gasteiger partial charge in [-0.2, -0.15) is 0 Å². The quantitative estimate of drug-likeness (QED) is 0.215. The number of fused-ring (bicyclic) bond motifs is 2. The van der Waals surface area contributed by atoms with Crippen LogP contribution in [0.2, 0.25) is 0 Å². The van der Waals surface area contributed by atoms with Crippen LogP contribution < -0.4 is 23.7 Å². The highest BCUT2D eigenvalue weighted by molar-refractivity contribution is 6.15. The van der Waals surface area contributed by atoms with Crippen molar-refractivity contribution in [3.8, 4) is 28.7 Å². The van der Waals surface area contributed by atoms with Gasteiger partial charge in [-0.15, -0.1) is 0 Å². The Bertz CT molecular complexity index is 1530. The van der Waals surface area contributed by atoms with Crippen molar-refractivity contribution in [3.63, 3.8) is 0 Å². The number of benzene rings is 3. The number of methoxy groups -OCH3 is 3. The van der Waals surface area contributed by atoms with Gasteiger partial charge < -0.3 is 28.3 Å². The second-order valence-electron chi connectivity index (χ2n) is 8.17. The maximum absolute atomic E-state index is 13.0. The van der Waals surface area contributed by atoms with Gasteiger partial charge >= 0.3 is 5.97 Å². The molecule has 36 heavy (non-hydrogen) atoms. The molecule has 0 saturated heterocycles. The van der Waals surface area contributed by atoms with Crippen molar-refractivity contribution in [3.05, 3.63) is 83.2 Å². The summed E-state index contributed by atoms with van der Waals surface area (Å²) in [7, 11) is 6.54. The number of allylic oxidation sites excluding steroid dienone is 1. The molecule has 1 aliphatic heterocycles. The molecule has 0 saturated carbocycles. The second-order valence-corrected chi connectivity index (χ2v) is 8.17. The first-order valence-corrected chi connectivity index (χ1v) is 11.1. The molecule has 8 nitrogen and oxygen atoms in total. The number of aryl methyl sites for hydroxylation is 1. The Morgan fingerprint density at radius 1 is 0.861 bits per heavy atom. The topological polar surface area (TPSA) is 85.2 Å². The Balaban J connectivity index is 1.41. The van der Waals surface area contributed by atoms with Gasteiger partial charge in [-0.1, -0.05) is 0 Å². The molecule has 5 rings (SSSR count). The molecular formula is C28H23NO7. The van der Waals surface area contributed by atoms with Crippen LogP contribution in [0.4, 0.5) is 0 Å². The van der Waals surface area contributed by atoms with Crippen LogP contribution in [0.3, 0.4) is 0 Å². The van der Waals surface area contributed by atoms with Crippen molar-refractivity contribution in [2.45, 2.75) is 0 Å². The van der Waals surface area contributed by atoms with E-state index in [9.17, 15) is 9.59 Å². The first kappa shape index (κ1) is 23.0. The van der Waals surface area contributed by atoms with Gasteiger partial charge in [-0.05, 0) is 48.5 Å². The average Bonchev–Trinajstić information content (AvgIpc) is 3.38. The molecule has 4 aromatic rings. The third kappa shape index (κ3) is 4.13. The standard InChI is InChI=1S/C28H23NO7/c1-29-15-17(23-13-18(32-2)6-8-24(23)29)11-26-27(30)22-7-5-19(14-25(22)36-26)35-28(31)16-9-20(33-3)12-21(10-16)34-4/h5-15H,1-4H3. The van der Waals surface area contributed by atoms with E-state index in [0.29, 0.717) is 22.8 Å². The van der Waals surface area contributed by atoms with Crippen LogP contribution in [0.5, 0.6) is 28.7 Å². The Morgan fingerprint density at radius 2 is 1.56 bits per heavy atom. The lowest BCUT2D eigenvalue weighted by atomic mass is 10.1. The predicted octanol–water partition coefficient (Wildman–Crippen LogP) is 5.04. The lowest BCUT2D eigenvalue weighted by Gasteiger charge is -2.09. The minimum absolute atomic E-state index is 0.182. The Hall–Kier alpha value is -4.72. The number of carbonyl (C=O) groups is 2. The van der Waals surface area contributed by atoms with Crippen LogP contribution in [0, 0.1) is 0 Å². The van der Waals surface area contributed by atoms with E-state index in [-0.39, 0.29) is 22.9 Å². The van der Waals surface area contributed by atoms with Crippen molar-refractivity contribution in [2.24, 2.45) is 7.05 Å². The summed E-state index contributed by atoms with van der Waals surface area (Å²) in [6.45, 7) is 0. The summed E-state index contributed by atoms with van der Waals surface area (Å²) in [6.07, 6.45) is 3.63. The maximum Gasteiger partial charge on any atom is 0.343 e. The fourth-order valence-corrected chi connectivity index (χ4v) is 4.11. The number of rotatable bonds is 6. The van der Waals surface area contributed by atoms with Crippen LogP contribution in [0.1, 0.15) is 26.3 Å². The van der Waals surface area contributed by atoms with Gasteiger partial charge in [-0.3, -0.25) is 4.79 Å². The zero-order valence-corrected chi connectivity index (χ0v) is 20.2. The van der Waals surface area contributed by atoms with E-state index in [1.54, 1.807) is 43.5 Å². The fourth-order valence-electron chi connectivity index (χ4n) is 4.11. The summed E-state index contributed by atoms with van der Waals surface area (Å²) in [5.41, 5.74) is 2.47. The number of hydrogen-bond donors (Lipinski definition) is 0. The molecule has 0 radical (unpaired) electrons. The van der Waals surface area contributed by atoms with Crippen molar-refractivity contribution in [2.75, 3.05) is 21.3 Å². The molecule has 3 aromatic carbocycles. The number of hydrogen-bond acceptors (Lipinski definition) is 7. The molecule has 2 heterocycles. The van der Waals surface area contributed by atoms with Gasteiger partial charge in [0.1, 0.15) is 28.7 Å². The summed E-state index contributed by atoms with van der Waals surface area (Å²) < 4.78 is 29.1. The summed E-state index contributed by atoms with van der Waals surface area (Å²) in [5.74, 6) is 1.53. The van der Waals surface area contributed by atoms with Crippen molar-refractivity contribution in [1.29, 1.82) is 0 Å². The number of Topliss-reactive ketones (excluding diaryl/α,β-unsaturated/α-hetero) is 1.